The Kier molecular flexibility index (Phi) is 8.65. The van der Waals surface area contributed by atoms with Crippen molar-refractivity contribution in [3.05, 3.63) is 29.8 Å². The van der Waals surface area contributed by atoms with E-state index in [0.29, 0.717) is 31.7 Å². The second kappa shape index (κ2) is 10.2. The number of nitrogens with one attached hydrogen (secondary N) is 1. The number of rotatable bonds is 9. The van der Waals surface area contributed by atoms with Crippen LogP contribution in [-0.2, 0) is 9.77 Å². The van der Waals surface area contributed by atoms with Crippen molar-refractivity contribution in [2.24, 2.45) is 5.10 Å². The van der Waals surface area contributed by atoms with Crippen molar-refractivity contribution in [3.63, 3.8) is 0 Å². The third kappa shape index (κ3) is 6.35. The lowest BCUT2D eigenvalue weighted by molar-refractivity contribution is -0.273. The Morgan fingerprint density at radius 2 is 1.60 bits per heavy atom. The SMILES string of the molecule is Cc1ccc(OP(=O)(NN=C2CC(C)(C)N([O])C(C)(C)C2)N(CCCl)CCCl)cc1. The maximum absolute atomic E-state index is 13.9. The Morgan fingerprint density at radius 1 is 1.10 bits per heavy atom. The topological polar surface area (TPSA) is 77.1 Å². The first-order chi connectivity index (χ1) is 13.9. The van der Waals surface area contributed by atoms with Crippen molar-refractivity contribution in [1.29, 1.82) is 0 Å². The highest BCUT2D eigenvalue weighted by Crippen LogP contribution is 2.47. The number of hydrogen-bond acceptors (Lipinski definition) is 4. The van der Waals surface area contributed by atoms with E-state index in [-0.39, 0.29) is 11.8 Å². The van der Waals surface area contributed by atoms with Crippen molar-refractivity contribution >= 4 is 36.6 Å². The Hall–Kier alpha value is -0.820. The minimum absolute atomic E-state index is 0.265. The molecule has 0 aromatic heterocycles. The molecule has 0 bridgehead atoms. The van der Waals surface area contributed by atoms with Gasteiger partial charge in [0.1, 0.15) is 5.75 Å². The maximum atomic E-state index is 13.9. The first-order valence-corrected chi connectivity index (χ1v) is 12.6. The van der Waals surface area contributed by atoms with Crippen LogP contribution in [-0.4, -0.2) is 51.4 Å². The molecule has 10 heteroatoms. The van der Waals surface area contributed by atoms with Crippen LogP contribution >= 0.6 is 30.9 Å². The molecule has 0 spiro atoms. The Morgan fingerprint density at radius 3 is 2.07 bits per heavy atom. The largest absolute Gasteiger partial charge is 0.435 e. The third-order valence-electron chi connectivity index (χ3n) is 5.02. The summed E-state index contributed by atoms with van der Waals surface area (Å²) in [5.41, 5.74) is 0.602. The van der Waals surface area contributed by atoms with Gasteiger partial charge in [-0.1, -0.05) is 17.7 Å². The van der Waals surface area contributed by atoms with Crippen LogP contribution in [0.3, 0.4) is 0 Å². The maximum Gasteiger partial charge on any atom is 0.435 e. The molecule has 30 heavy (non-hydrogen) atoms. The number of hydroxylamine groups is 2. The summed E-state index contributed by atoms with van der Waals surface area (Å²) in [5.74, 6) is 0.990. The summed E-state index contributed by atoms with van der Waals surface area (Å²) in [6, 6.07) is 7.29. The summed E-state index contributed by atoms with van der Waals surface area (Å²) >= 11 is 11.9. The molecule has 2 rings (SSSR count). The molecular formula is C20H32Cl2N4O3P. The van der Waals surface area contributed by atoms with Gasteiger partial charge in [0.15, 0.2) is 0 Å². The fourth-order valence-corrected chi connectivity index (χ4v) is 6.02. The number of halogens is 2. The Balaban J connectivity index is 2.33. The lowest BCUT2D eigenvalue weighted by Crippen LogP contribution is -2.58. The van der Waals surface area contributed by atoms with Crippen LogP contribution in [0.1, 0.15) is 46.1 Å². The Bertz CT molecular complexity index is 761. The molecule has 1 aromatic rings. The van der Waals surface area contributed by atoms with Crippen LogP contribution < -0.4 is 9.72 Å². The summed E-state index contributed by atoms with van der Waals surface area (Å²) in [6.07, 6.45) is 0.922. The molecule has 1 radical (unpaired) electrons. The van der Waals surface area contributed by atoms with Gasteiger partial charge < -0.3 is 4.52 Å². The van der Waals surface area contributed by atoms with Gasteiger partial charge in [0.05, 0.1) is 0 Å². The predicted molar refractivity (Wildman–Crippen MR) is 123 cm³/mol. The minimum Gasteiger partial charge on any atom is -0.417 e. The molecule has 1 aromatic carbocycles. The molecule has 1 atom stereocenters. The van der Waals surface area contributed by atoms with Gasteiger partial charge in [-0.25, -0.2) is 14.4 Å². The fraction of sp³-hybridized carbons (Fsp3) is 0.650. The van der Waals surface area contributed by atoms with E-state index < -0.39 is 18.7 Å². The van der Waals surface area contributed by atoms with Crippen LogP contribution in [0.4, 0.5) is 0 Å². The van der Waals surface area contributed by atoms with Gasteiger partial charge in [-0.3, -0.25) is 0 Å². The van der Waals surface area contributed by atoms with Gasteiger partial charge in [0, 0.05) is 54.5 Å². The van der Waals surface area contributed by atoms with E-state index in [9.17, 15) is 9.77 Å². The molecular weight excluding hydrogens is 446 g/mol. The van der Waals surface area contributed by atoms with Gasteiger partial charge in [0.25, 0.3) is 0 Å². The number of aryl methyl sites for hydroxylation is 1. The number of hydrazone groups is 1. The molecule has 0 aliphatic carbocycles. The highest BCUT2D eigenvalue weighted by molar-refractivity contribution is 7.54. The molecule has 1 aliphatic rings. The average Bonchev–Trinajstić information content (AvgIpc) is 2.66. The number of alkyl halides is 2. The summed E-state index contributed by atoms with van der Waals surface area (Å²) in [7, 11) is -3.63. The van der Waals surface area contributed by atoms with Crippen LogP contribution in [0.2, 0.25) is 0 Å². The van der Waals surface area contributed by atoms with Crippen molar-refractivity contribution in [2.45, 2.75) is 58.5 Å². The number of hydrogen-bond donors (Lipinski definition) is 1. The van der Waals surface area contributed by atoms with E-state index >= 15 is 0 Å². The highest BCUT2D eigenvalue weighted by Gasteiger charge is 2.45. The summed E-state index contributed by atoms with van der Waals surface area (Å²) in [5, 5.41) is 21.0. The van der Waals surface area contributed by atoms with E-state index in [1.54, 1.807) is 16.8 Å². The number of benzene rings is 1. The van der Waals surface area contributed by atoms with Gasteiger partial charge >= 0.3 is 7.67 Å². The smallest absolute Gasteiger partial charge is 0.417 e. The van der Waals surface area contributed by atoms with Gasteiger partial charge in [-0.2, -0.15) is 5.10 Å². The lowest BCUT2D eigenvalue weighted by Gasteiger charge is -2.47. The molecule has 1 N–H and O–H groups in total. The zero-order chi connectivity index (χ0) is 22.6. The predicted octanol–water partition coefficient (Wildman–Crippen LogP) is 5.21. The van der Waals surface area contributed by atoms with E-state index in [1.165, 1.54) is 0 Å². The molecule has 0 saturated carbocycles. The van der Waals surface area contributed by atoms with E-state index in [0.717, 1.165) is 16.3 Å². The molecule has 1 unspecified atom stereocenters. The van der Waals surface area contributed by atoms with Crippen molar-refractivity contribution in [3.8, 4) is 5.75 Å². The standard InChI is InChI=1S/C20H32Cl2N4O3P/c1-16-6-8-18(9-7-16)29-30(28,25(12-10-21)13-11-22)24-23-17-14-19(2,3)26(27)20(4,5)15-17/h6-9H,10-15H2,1-5H3,(H,24,28). The number of nitrogens with zero attached hydrogens (tertiary/aromatic N) is 3. The van der Waals surface area contributed by atoms with E-state index in [1.807, 2.05) is 46.8 Å². The van der Waals surface area contributed by atoms with Crippen LogP contribution in [0, 0.1) is 6.92 Å². The van der Waals surface area contributed by atoms with Crippen LogP contribution in [0.15, 0.2) is 29.4 Å². The normalized spacial score (nSPS) is 20.6. The van der Waals surface area contributed by atoms with Crippen molar-refractivity contribution in [2.75, 3.05) is 24.8 Å². The first kappa shape index (κ1) is 25.4. The van der Waals surface area contributed by atoms with Crippen LogP contribution in [0.5, 0.6) is 5.75 Å². The zero-order valence-electron chi connectivity index (χ0n) is 18.3. The lowest BCUT2D eigenvalue weighted by atomic mass is 9.81. The molecule has 0 amide bonds. The zero-order valence-corrected chi connectivity index (χ0v) is 20.7. The molecule has 1 saturated heterocycles. The molecule has 1 fully saturated rings. The molecule has 1 aliphatic heterocycles. The second-order valence-electron chi connectivity index (χ2n) is 8.81. The van der Waals surface area contributed by atoms with Crippen LogP contribution in [0.25, 0.3) is 0 Å². The summed E-state index contributed by atoms with van der Waals surface area (Å²) in [4.78, 5) is 0. The number of piperidine rings is 1. The highest BCUT2D eigenvalue weighted by atomic mass is 35.5. The van der Waals surface area contributed by atoms with E-state index in [2.05, 4.69) is 10.3 Å². The summed E-state index contributed by atoms with van der Waals surface area (Å²) in [6.45, 7) is 10.1. The van der Waals surface area contributed by atoms with Gasteiger partial charge in [0.2, 0.25) is 0 Å². The third-order valence-corrected chi connectivity index (χ3v) is 7.31. The van der Waals surface area contributed by atoms with Gasteiger partial charge in [-0.05, 0) is 46.8 Å². The molecule has 1 heterocycles. The molecule has 169 valence electrons. The minimum atomic E-state index is -3.63. The summed E-state index contributed by atoms with van der Waals surface area (Å²) < 4.78 is 21.4. The first-order valence-electron chi connectivity index (χ1n) is 9.97. The van der Waals surface area contributed by atoms with E-state index in [4.69, 9.17) is 27.7 Å². The van der Waals surface area contributed by atoms with Gasteiger partial charge in [-0.15, -0.1) is 33.5 Å². The average molecular weight is 478 g/mol. The fourth-order valence-electron chi connectivity index (χ4n) is 3.69. The quantitative estimate of drug-likeness (QED) is 0.300. The molecule has 7 nitrogen and oxygen atoms in total. The monoisotopic (exact) mass is 477 g/mol. The Labute approximate surface area is 189 Å². The van der Waals surface area contributed by atoms with Crippen molar-refractivity contribution < 1.29 is 14.3 Å². The van der Waals surface area contributed by atoms with Crippen molar-refractivity contribution in [1.82, 2.24) is 14.9 Å². The second-order valence-corrected chi connectivity index (χ2v) is 11.6.